The van der Waals surface area contributed by atoms with E-state index in [-0.39, 0.29) is 18.4 Å². The number of ether oxygens (including phenoxy) is 3. The highest BCUT2D eigenvalue weighted by atomic mass is 16.5. The first-order chi connectivity index (χ1) is 16.0. The summed E-state index contributed by atoms with van der Waals surface area (Å²) in [7, 11) is 2.96. The van der Waals surface area contributed by atoms with E-state index < -0.39 is 0 Å². The zero-order valence-electron chi connectivity index (χ0n) is 19.0. The van der Waals surface area contributed by atoms with Crippen LogP contribution in [0.25, 0.3) is 0 Å². The highest BCUT2D eigenvalue weighted by molar-refractivity contribution is 6.05. The van der Waals surface area contributed by atoms with E-state index >= 15 is 0 Å². The molecule has 7 heteroatoms. The number of hydrogen-bond donors (Lipinski definition) is 2. The molecule has 0 radical (unpaired) electrons. The van der Waals surface area contributed by atoms with Crippen LogP contribution in [-0.2, 0) is 11.2 Å². The quantitative estimate of drug-likeness (QED) is 0.460. The molecular weight excluding hydrogens is 420 g/mol. The van der Waals surface area contributed by atoms with Crippen LogP contribution < -0.4 is 24.8 Å². The van der Waals surface area contributed by atoms with Gasteiger partial charge in [0, 0.05) is 17.7 Å². The first kappa shape index (κ1) is 23.7. The summed E-state index contributed by atoms with van der Waals surface area (Å²) < 4.78 is 16.4. The maximum absolute atomic E-state index is 12.5. The molecule has 3 rings (SSSR count). The van der Waals surface area contributed by atoms with Crippen LogP contribution in [0.5, 0.6) is 17.2 Å². The van der Waals surface area contributed by atoms with Gasteiger partial charge in [-0.25, -0.2) is 0 Å². The molecule has 0 spiro atoms. The Hall–Kier alpha value is -4.00. The van der Waals surface area contributed by atoms with Gasteiger partial charge in [-0.05, 0) is 36.2 Å². The minimum atomic E-state index is -0.353. The molecule has 0 aromatic heterocycles. The summed E-state index contributed by atoms with van der Waals surface area (Å²) in [5, 5.41) is 5.58. The van der Waals surface area contributed by atoms with Crippen LogP contribution in [0.1, 0.15) is 29.3 Å². The maximum atomic E-state index is 12.5. The fourth-order valence-electron chi connectivity index (χ4n) is 3.25. The van der Waals surface area contributed by atoms with Gasteiger partial charge in [0.1, 0.15) is 17.2 Å². The molecule has 33 heavy (non-hydrogen) atoms. The van der Waals surface area contributed by atoms with Gasteiger partial charge in [0.2, 0.25) is 0 Å². The van der Waals surface area contributed by atoms with Crippen molar-refractivity contribution in [1.29, 1.82) is 0 Å². The number of rotatable bonds is 10. The highest BCUT2D eigenvalue weighted by Crippen LogP contribution is 2.36. The first-order valence-electron chi connectivity index (χ1n) is 10.7. The molecule has 0 aliphatic rings. The van der Waals surface area contributed by atoms with Gasteiger partial charge in [-0.15, -0.1) is 0 Å². The van der Waals surface area contributed by atoms with Crippen molar-refractivity contribution in [2.45, 2.75) is 19.8 Å². The summed E-state index contributed by atoms with van der Waals surface area (Å²) in [6.45, 7) is 1.97. The Morgan fingerprint density at radius 3 is 2.00 bits per heavy atom. The van der Waals surface area contributed by atoms with E-state index in [1.54, 1.807) is 36.4 Å². The van der Waals surface area contributed by atoms with Crippen molar-refractivity contribution in [3.63, 3.8) is 0 Å². The number of carbonyl (C=O) groups is 2. The fourth-order valence-corrected chi connectivity index (χ4v) is 3.25. The SMILES string of the molecule is CCCc1ccc(OCC(=O)Nc2cc(OC)c(NC(=O)c3ccccc3)cc2OC)cc1. The lowest BCUT2D eigenvalue weighted by atomic mass is 10.1. The number of hydrogen-bond acceptors (Lipinski definition) is 5. The van der Waals surface area contributed by atoms with Gasteiger partial charge in [-0.1, -0.05) is 43.7 Å². The smallest absolute Gasteiger partial charge is 0.262 e. The van der Waals surface area contributed by atoms with Gasteiger partial charge in [-0.2, -0.15) is 0 Å². The second kappa shape index (κ2) is 11.6. The first-order valence-corrected chi connectivity index (χ1v) is 10.7. The Morgan fingerprint density at radius 2 is 1.42 bits per heavy atom. The lowest BCUT2D eigenvalue weighted by Crippen LogP contribution is -2.21. The summed E-state index contributed by atoms with van der Waals surface area (Å²) in [5.41, 5.74) is 2.56. The van der Waals surface area contributed by atoms with Crippen LogP contribution in [0, 0.1) is 0 Å². The number of anilines is 2. The Bertz CT molecular complexity index is 1080. The number of amides is 2. The average molecular weight is 449 g/mol. The van der Waals surface area contributed by atoms with Gasteiger partial charge in [0.15, 0.2) is 6.61 Å². The lowest BCUT2D eigenvalue weighted by Gasteiger charge is -2.16. The zero-order chi connectivity index (χ0) is 23.6. The van der Waals surface area contributed by atoms with Crippen molar-refractivity contribution in [2.24, 2.45) is 0 Å². The molecule has 0 aliphatic carbocycles. The van der Waals surface area contributed by atoms with Crippen molar-refractivity contribution >= 4 is 23.2 Å². The van der Waals surface area contributed by atoms with Crippen LogP contribution in [0.2, 0.25) is 0 Å². The zero-order valence-corrected chi connectivity index (χ0v) is 19.0. The molecule has 0 unspecified atom stereocenters. The largest absolute Gasteiger partial charge is 0.494 e. The molecular formula is C26H28N2O5. The molecule has 0 aliphatic heterocycles. The number of nitrogens with one attached hydrogen (secondary N) is 2. The third kappa shape index (κ3) is 6.49. The van der Waals surface area contributed by atoms with Crippen molar-refractivity contribution in [2.75, 3.05) is 31.5 Å². The number of methoxy groups -OCH3 is 2. The van der Waals surface area contributed by atoms with Crippen LogP contribution in [-0.4, -0.2) is 32.6 Å². The molecule has 0 saturated carbocycles. The summed E-state index contributed by atoms with van der Waals surface area (Å²) in [6, 6.07) is 19.7. The molecule has 0 atom stereocenters. The number of aryl methyl sites for hydroxylation is 1. The van der Waals surface area contributed by atoms with Crippen LogP contribution in [0.4, 0.5) is 11.4 Å². The highest BCUT2D eigenvalue weighted by Gasteiger charge is 2.16. The molecule has 2 N–H and O–H groups in total. The maximum Gasteiger partial charge on any atom is 0.262 e. The van der Waals surface area contributed by atoms with E-state index in [0.717, 1.165) is 12.8 Å². The molecule has 3 aromatic carbocycles. The summed E-state index contributed by atoms with van der Waals surface area (Å²) in [4.78, 5) is 25.0. The van der Waals surface area contributed by atoms with Crippen LogP contribution in [0.3, 0.4) is 0 Å². The predicted molar refractivity (Wildman–Crippen MR) is 129 cm³/mol. The Labute approximate surface area is 193 Å². The molecule has 0 heterocycles. The molecule has 3 aromatic rings. The minimum Gasteiger partial charge on any atom is -0.494 e. The van der Waals surface area contributed by atoms with E-state index in [9.17, 15) is 9.59 Å². The van der Waals surface area contributed by atoms with Crippen LogP contribution in [0.15, 0.2) is 66.7 Å². The van der Waals surface area contributed by atoms with E-state index in [4.69, 9.17) is 14.2 Å². The third-order valence-electron chi connectivity index (χ3n) is 4.91. The van der Waals surface area contributed by atoms with Crippen molar-refractivity contribution in [1.82, 2.24) is 0 Å². The van der Waals surface area contributed by atoms with E-state index in [1.165, 1.54) is 19.8 Å². The standard InChI is InChI=1S/C26H28N2O5/c1-4-8-18-11-13-20(14-12-18)33-17-25(29)27-21-15-24(32-3)22(16-23(21)31-2)28-26(30)19-9-6-5-7-10-19/h5-7,9-16H,4,8,17H2,1-3H3,(H,27,29)(H,28,30). The minimum absolute atomic E-state index is 0.162. The van der Waals surface area contributed by atoms with Crippen molar-refractivity contribution < 1.29 is 23.8 Å². The Kier molecular flexibility index (Phi) is 8.30. The topological polar surface area (TPSA) is 85.9 Å². The van der Waals surface area contributed by atoms with Gasteiger partial charge in [0.05, 0.1) is 25.6 Å². The van der Waals surface area contributed by atoms with Crippen molar-refractivity contribution in [3.05, 3.63) is 77.9 Å². The molecule has 2 amide bonds. The van der Waals surface area contributed by atoms with Gasteiger partial charge in [0.25, 0.3) is 11.8 Å². The van der Waals surface area contributed by atoms with Gasteiger partial charge in [-0.3, -0.25) is 9.59 Å². The summed E-state index contributed by atoms with van der Waals surface area (Å²) >= 11 is 0. The second-order valence-electron chi connectivity index (χ2n) is 7.30. The number of benzene rings is 3. The molecule has 0 bridgehead atoms. The fraction of sp³-hybridized carbons (Fsp3) is 0.231. The Morgan fingerprint density at radius 1 is 0.818 bits per heavy atom. The van der Waals surface area contributed by atoms with Crippen LogP contribution >= 0.6 is 0 Å². The van der Waals surface area contributed by atoms with E-state index in [0.29, 0.717) is 34.2 Å². The van der Waals surface area contributed by atoms with Crippen molar-refractivity contribution in [3.8, 4) is 17.2 Å². The van der Waals surface area contributed by atoms with E-state index in [1.807, 2.05) is 30.3 Å². The summed E-state index contributed by atoms with van der Waals surface area (Å²) in [5.74, 6) is 0.730. The molecule has 0 fully saturated rings. The monoisotopic (exact) mass is 448 g/mol. The van der Waals surface area contributed by atoms with E-state index in [2.05, 4.69) is 17.6 Å². The second-order valence-corrected chi connectivity index (χ2v) is 7.30. The van der Waals surface area contributed by atoms with Gasteiger partial charge < -0.3 is 24.8 Å². The number of carbonyl (C=O) groups excluding carboxylic acids is 2. The third-order valence-corrected chi connectivity index (χ3v) is 4.91. The van der Waals surface area contributed by atoms with Gasteiger partial charge >= 0.3 is 0 Å². The molecule has 0 saturated heterocycles. The molecule has 172 valence electrons. The normalized spacial score (nSPS) is 10.3. The lowest BCUT2D eigenvalue weighted by molar-refractivity contribution is -0.118. The molecule has 7 nitrogen and oxygen atoms in total. The average Bonchev–Trinajstić information content (AvgIpc) is 2.84. The Balaban J connectivity index is 1.68. The predicted octanol–water partition coefficient (Wildman–Crippen LogP) is 4.93. The summed E-state index contributed by atoms with van der Waals surface area (Å²) in [6.07, 6.45) is 2.08.